The molecule has 2 aromatic rings. The lowest BCUT2D eigenvalue weighted by Crippen LogP contribution is -2.03. The topological polar surface area (TPSA) is 47.3 Å². The van der Waals surface area contributed by atoms with Gasteiger partial charge >= 0.3 is 0 Å². The zero-order valence-corrected chi connectivity index (χ0v) is 10.8. The van der Waals surface area contributed by atoms with E-state index < -0.39 is 0 Å². The van der Waals surface area contributed by atoms with Gasteiger partial charge in [0.25, 0.3) is 0 Å². The summed E-state index contributed by atoms with van der Waals surface area (Å²) in [5.41, 5.74) is 8.18. The zero-order valence-electron chi connectivity index (χ0n) is 10.8. The van der Waals surface area contributed by atoms with E-state index in [0.29, 0.717) is 18.8 Å². The van der Waals surface area contributed by atoms with Gasteiger partial charge in [-0.3, -0.25) is 0 Å². The molecule has 0 fully saturated rings. The first-order valence-corrected chi connectivity index (χ1v) is 6.20. The Kier molecular flexibility index (Phi) is 4.23. The number of halogens is 1. The number of nitrogens with one attached hydrogen (secondary N) is 1. The summed E-state index contributed by atoms with van der Waals surface area (Å²) in [5, 5.41) is 3.18. The summed E-state index contributed by atoms with van der Waals surface area (Å²) >= 11 is 0. The summed E-state index contributed by atoms with van der Waals surface area (Å²) in [6.45, 7) is 2.79. The van der Waals surface area contributed by atoms with Gasteiger partial charge in [-0.15, -0.1) is 0 Å². The molecule has 0 bridgehead atoms. The van der Waals surface area contributed by atoms with E-state index in [4.69, 9.17) is 10.5 Å². The molecular formula is C15H17FN2O. The molecule has 4 heteroatoms. The molecule has 3 N–H and O–H groups in total. The van der Waals surface area contributed by atoms with Gasteiger partial charge in [0.2, 0.25) is 0 Å². The first-order valence-electron chi connectivity index (χ1n) is 6.20. The van der Waals surface area contributed by atoms with Gasteiger partial charge in [-0.2, -0.15) is 0 Å². The van der Waals surface area contributed by atoms with Crippen molar-refractivity contribution >= 4 is 11.4 Å². The summed E-state index contributed by atoms with van der Waals surface area (Å²) in [6, 6.07) is 12.4. The molecule has 100 valence electrons. The average molecular weight is 260 g/mol. The van der Waals surface area contributed by atoms with Crippen LogP contribution in [0.2, 0.25) is 0 Å². The van der Waals surface area contributed by atoms with Gasteiger partial charge < -0.3 is 15.8 Å². The number of anilines is 2. The van der Waals surface area contributed by atoms with Gasteiger partial charge in [-0.25, -0.2) is 4.39 Å². The van der Waals surface area contributed by atoms with Crippen LogP contribution in [0, 0.1) is 5.82 Å². The summed E-state index contributed by atoms with van der Waals surface area (Å²) < 4.78 is 18.8. The fourth-order valence-corrected chi connectivity index (χ4v) is 1.78. The molecule has 0 saturated heterocycles. The quantitative estimate of drug-likeness (QED) is 0.810. The number of benzene rings is 2. The Hall–Kier alpha value is -2.23. The minimum atomic E-state index is -0.345. The molecule has 19 heavy (non-hydrogen) atoms. The number of hydrogen-bond acceptors (Lipinski definition) is 3. The number of nitrogens with two attached hydrogens (primary N) is 1. The maximum Gasteiger partial charge on any atom is 0.165 e. The van der Waals surface area contributed by atoms with E-state index in [1.165, 1.54) is 6.07 Å². The van der Waals surface area contributed by atoms with Crippen LogP contribution in [-0.4, -0.2) is 6.61 Å². The monoisotopic (exact) mass is 260 g/mol. The number of nitrogen functional groups attached to an aromatic ring is 1. The molecule has 0 aliphatic rings. The fourth-order valence-electron chi connectivity index (χ4n) is 1.78. The van der Waals surface area contributed by atoms with Crippen LogP contribution in [0.25, 0.3) is 0 Å². The maximum absolute atomic E-state index is 13.7. The van der Waals surface area contributed by atoms with Crippen molar-refractivity contribution in [3.05, 3.63) is 53.8 Å². The highest BCUT2D eigenvalue weighted by Gasteiger charge is 2.04. The lowest BCUT2D eigenvalue weighted by atomic mass is 10.2. The van der Waals surface area contributed by atoms with Gasteiger partial charge in [0.1, 0.15) is 0 Å². The summed E-state index contributed by atoms with van der Waals surface area (Å²) in [7, 11) is 0. The normalized spacial score (nSPS) is 10.2. The SMILES string of the molecule is CCOc1ccc(CNc2ccccc2N)cc1F. The highest BCUT2D eigenvalue weighted by molar-refractivity contribution is 5.65. The molecule has 0 amide bonds. The maximum atomic E-state index is 13.7. The third-order valence-corrected chi connectivity index (χ3v) is 2.74. The molecule has 2 aromatic carbocycles. The van der Waals surface area contributed by atoms with Gasteiger partial charge in [-0.1, -0.05) is 18.2 Å². The molecule has 0 saturated carbocycles. The molecule has 0 aromatic heterocycles. The van der Waals surface area contributed by atoms with E-state index in [2.05, 4.69) is 5.32 Å². The first-order chi connectivity index (χ1) is 9.20. The Morgan fingerprint density at radius 3 is 2.68 bits per heavy atom. The molecule has 0 spiro atoms. The molecule has 0 radical (unpaired) electrons. The van der Waals surface area contributed by atoms with E-state index in [1.807, 2.05) is 37.3 Å². The van der Waals surface area contributed by atoms with Crippen LogP contribution in [0.1, 0.15) is 12.5 Å². The van der Waals surface area contributed by atoms with Gasteiger partial charge in [0.05, 0.1) is 18.0 Å². The summed E-state index contributed by atoms with van der Waals surface area (Å²) in [5.74, 6) is -0.0624. The van der Waals surface area contributed by atoms with Crippen molar-refractivity contribution in [1.29, 1.82) is 0 Å². The highest BCUT2D eigenvalue weighted by Crippen LogP contribution is 2.21. The lowest BCUT2D eigenvalue weighted by Gasteiger charge is -2.10. The summed E-state index contributed by atoms with van der Waals surface area (Å²) in [4.78, 5) is 0. The van der Waals surface area contributed by atoms with Crippen molar-refractivity contribution in [1.82, 2.24) is 0 Å². The Labute approximate surface area is 112 Å². The van der Waals surface area contributed by atoms with Crippen molar-refractivity contribution in [2.45, 2.75) is 13.5 Å². The van der Waals surface area contributed by atoms with Crippen LogP contribution >= 0.6 is 0 Å². The van der Waals surface area contributed by atoms with Crippen LogP contribution < -0.4 is 15.8 Å². The van der Waals surface area contributed by atoms with E-state index in [1.54, 1.807) is 6.07 Å². The second-order valence-corrected chi connectivity index (χ2v) is 4.14. The van der Waals surface area contributed by atoms with Crippen molar-refractivity contribution in [3.63, 3.8) is 0 Å². The average Bonchev–Trinajstić information content (AvgIpc) is 2.41. The number of hydrogen-bond donors (Lipinski definition) is 2. The van der Waals surface area contributed by atoms with Gasteiger partial charge in [0.15, 0.2) is 11.6 Å². The third kappa shape index (κ3) is 3.37. The zero-order chi connectivity index (χ0) is 13.7. The molecule has 0 heterocycles. The van der Waals surface area contributed by atoms with Crippen LogP contribution in [0.15, 0.2) is 42.5 Å². The first kappa shape index (κ1) is 13.2. The fraction of sp³-hybridized carbons (Fsp3) is 0.200. The standard InChI is InChI=1S/C15H17FN2O/c1-2-19-15-8-7-11(9-12(15)16)10-18-14-6-4-3-5-13(14)17/h3-9,18H,2,10,17H2,1H3. The number of para-hydroxylation sites is 2. The van der Waals surface area contributed by atoms with Gasteiger partial charge in [0, 0.05) is 6.54 Å². The predicted octanol–water partition coefficient (Wildman–Crippen LogP) is 3.42. The van der Waals surface area contributed by atoms with Crippen LogP contribution in [0.3, 0.4) is 0 Å². The van der Waals surface area contributed by atoms with Gasteiger partial charge in [-0.05, 0) is 36.8 Å². The van der Waals surface area contributed by atoms with Crippen molar-refractivity contribution in [3.8, 4) is 5.75 Å². The largest absolute Gasteiger partial charge is 0.491 e. The van der Waals surface area contributed by atoms with E-state index >= 15 is 0 Å². The highest BCUT2D eigenvalue weighted by atomic mass is 19.1. The molecule has 0 unspecified atom stereocenters. The van der Waals surface area contributed by atoms with E-state index in [9.17, 15) is 4.39 Å². The third-order valence-electron chi connectivity index (χ3n) is 2.74. The minimum absolute atomic E-state index is 0.283. The molecule has 3 nitrogen and oxygen atoms in total. The molecule has 2 rings (SSSR count). The molecule has 0 atom stereocenters. The van der Waals surface area contributed by atoms with Crippen molar-refractivity contribution < 1.29 is 9.13 Å². The molecular weight excluding hydrogens is 243 g/mol. The number of rotatable bonds is 5. The van der Waals surface area contributed by atoms with Crippen LogP contribution in [0.5, 0.6) is 5.75 Å². The Bertz CT molecular complexity index is 558. The Morgan fingerprint density at radius 1 is 1.21 bits per heavy atom. The van der Waals surface area contributed by atoms with Crippen molar-refractivity contribution in [2.24, 2.45) is 0 Å². The Balaban J connectivity index is 2.04. The van der Waals surface area contributed by atoms with E-state index in [0.717, 1.165) is 11.3 Å². The molecule has 0 aliphatic carbocycles. The number of ether oxygens (including phenoxy) is 1. The minimum Gasteiger partial charge on any atom is -0.491 e. The van der Waals surface area contributed by atoms with E-state index in [-0.39, 0.29) is 11.6 Å². The van der Waals surface area contributed by atoms with Crippen LogP contribution in [-0.2, 0) is 6.54 Å². The second kappa shape index (κ2) is 6.09. The van der Waals surface area contributed by atoms with Crippen molar-refractivity contribution in [2.75, 3.05) is 17.7 Å². The molecule has 0 aliphatic heterocycles. The predicted molar refractivity (Wildman–Crippen MR) is 75.8 cm³/mol. The lowest BCUT2D eigenvalue weighted by molar-refractivity contribution is 0.321. The second-order valence-electron chi connectivity index (χ2n) is 4.14. The smallest absolute Gasteiger partial charge is 0.165 e. The Morgan fingerprint density at radius 2 is 2.00 bits per heavy atom. The summed E-state index contributed by atoms with van der Waals surface area (Å²) in [6.07, 6.45) is 0. The van der Waals surface area contributed by atoms with Crippen LogP contribution in [0.4, 0.5) is 15.8 Å².